The summed E-state index contributed by atoms with van der Waals surface area (Å²) in [6, 6.07) is 6.73. The molecular weight excluding hydrogens is 296 g/mol. The summed E-state index contributed by atoms with van der Waals surface area (Å²) in [5, 5.41) is 3.67. The third kappa shape index (κ3) is 2.80. The van der Waals surface area contributed by atoms with Gasteiger partial charge in [-0.3, -0.25) is 4.99 Å². The third-order valence-corrected chi connectivity index (χ3v) is 5.24. The van der Waals surface area contributed by atoms with Crippen molar-refractivity contribution in [2.24, 2.45) is 4.99 Å². The molecule has 0 N–H and O–H groups in total. The monoisotopic (exact) mass is 322 g/mol. The Morgan fingerprint density at radius 2 is 1.96 bits per heavy atom. The Morgan fingerprint density at radius 1 is 1.12 bits per heavy atom. The van der Waals surface area contributed by atoms with Crippen molar-refractivity contribution in [1.29, 1.82) is 0 Å². The summed E-state index contributed by atoms with van der Waals surface area (Å²) in [7, 11) is 2.19. The van der Waals surface area contributed by atoms with E-state index in [-0.39, 0.29) is 0 Å². The minimum absolute atomic E-state index is 0.907. The molecule has 1 aromatic carbocycles. The van der Waals surface area contributed by atoms with Gasteiger partial charge in [-0.1, -0.05) is 25.1 Å². The van der Waals surface area contributed by atoms with Crippen LogP contribution in [0.5, 0.6) is 0 Å². The van der Waals surface area contributed by atoms with Crippen LogP contribution in [0.3, 0.4) is 0 Å². The molecule has 0 radical (unpaired) electrons. The van der Waals surface area contributed by atoms with Crippen molar-refractivity contribution < 1.29 is 0 Å². The lowest BCUT2D eigenvalue weighted by Crippen LogP contribution is -2.48. The standard InChI is InChI=1S/C20H26N4/c1-3-15-7-8-16-17-6-4-5-9-21-19(17)20(22-18(16)14-15)24-12-10-23(2)11-13-24/h6-8,14H,3-5,9-13H2,1-2H3. The highest BCUT2D eigenvalue weighted by Crippen LogP contribution is 2.16. The lowest BCUT2D eigenvalue weighted by atomic mass is 10.1. The molecule has 0 amide bonds. The molecule has 3 heterocycles. The first-order valence-corrected chi connectivity index (χ1v) is 9.17. The molecule has 2 aliphatic heterocycles. The van der Waals surface area contributed by atoms with Crippen molar-refractivity contribution in [1.82, 2.24) is 9.88 Å². The molecule has 2 aromatic rings. The topological polar surface area (TPSA) is 31.7 Å². The van der Waals surface area contributed by atoms with Crippen molar-refractivity contribution in [2.45, 2.75) is 26.2 Å². The van der Waals surface area contributed by atoms with E-state index in [2.05, 4.69) is 48.0 Å². The second kappa shape index (κ2) is 6.52. The summed E-state index contributed by atoms with van der Waals surface area (Å²) >= 11 is 0. The predicted octanol–water partition coefficient (Wildman–Crippen LogP) is 1.74. The van der Waals surface area contributed by atoms with Crippen molar-refractivity contribution in [3.63, 3.8) is 0 Å². The van der Waals surface area contributed by atoms with Gasteiger partial charge in [-0.15, -0.1) is 0 Å². The van der Waals surface area contributed by atoms with Gasteiger partial charge in [-0.25, -0.2) is 4.98 Å². The Kier molecular flexibility index (Phi) is 4.23. The quantitative estimate of drug-likeness (QED) is 0.844. The molecule has 2 aliphatic rings. The zero-order chi connectivity index (χ0) is 16.5. The van der Waals surface area contributed by atoms with Gasteiger partial charge in [0.05, 0.1) is 5.52 Å². The van der Waals surface area contributed by atoms with E-state index >= 15 is 0 Å². The van der Waals surface area contributed by atoms with E-state index in [0.29, 0.717) is 0 Å². The lowest BCUT2D eigenvalue weighted by Gasteiger charge is -2.33. The second-order valence-corrected chi connectivity index (χ2v) is 6.92. The van der Waals surface area contributed by atoms with Crippen molar-refractivity contribution in [3.8, 4) is 0 Å². The number of aromatic nitrogens is 1. The van der Waals surface area contributed by atoms with Crippen LogP contribution >= 0.6 is 0 Å². The van der Waals surface area contributed by atoms with Crippen LogP contribution in [0, 0.1) is 0 Å². The molecule has 0 bridgehead atoms. The molecule has 1 saturated heterocycles. The number of anilines is 1. The first-order valence-electron chi connectivity index (χ1n) is 9.17. The number of piperazine rings is 1. The summed E-state index contributed by atoms with van der Waals surface area (Å²) in [5.74, 6) is 1.09. The fraction of sp³-hybridized carbons (Fsp3) is 0.500. The Balaban J connectivity index is 1.95. The molecule has 1 fully saturated rings. The largest absolute Gasteiger partial charge is 0.352 e. The van der Waals surface area contributed by atoms with Gasteiger partial charge in [-0.2, -0.15) is 0 Å². The average molecular weight is 322 g/mol. The number of rotatable bonds is 2. The second-order valence-electron chi connectivity index (χ2n) is 6.92. The summed E-state index contributed by atoms with van der Waals surface area (Å²) < 4.78 is 0. The van der Waals surface area contributed by atoms with E-state index in [4.69, 9.17) is 9.98 Å². The van der Waals surface area contributed by atoms with Gasteiger partial charge in [0.1, 0.15) is 5.36 Å². The van der Waals surface area contributed by atoms with Crippen LogP contribution in [0.4, 0.5) is 5.82 Å². The Hall–Kier alpha value is -1.94. The number of hydrogen-bond acceptors (Lipinski definition) is 4. The lowest BCUT2D eigenvalue weighted by molar-refractivity contribution is 0.312. The summed E-state index contributed by atoms with van der Waals surface area (Å²) in [5.41, 5.74) is 2.47. The normalized spacial score (nSPS) is 18.7. The maximum absolute atomic E-state index is 5.08. The Bertz CT molecular complexity index is 863. The number of likely N-dealkylation sites (N-methyl/N-ethyl adjacent to an activating group) is 1. The Labute approximate surface area is 143 Å². The molecule has 0 spiro atoms. The van der Waals surface area contributed by atoms with E-state index in [0.717, 1.165) is 68.7 Å². The van der Waals surface area contributed by atoms with Gasteiger partial charge in [0, 0.05) is 43.3 Å². The van der Waals surface area contributed by atoms with Crippen LogP contribution in [-0.4, -0.2) is 49.7 Å². The number of pyridine rings is 1. The molecule has 4 rings (SSSR count). The van der Waals surface area contributed by atoms with E-state index < -0.39 is 0 Å². The molecule has 4 nitrogen and oxygen atoms in total. The van der Waals surface area contributed by atoms with Crippen LogP contribution in [-0.2, 0) is 6.42 Å². The van der Waals surface area contributed by atoms with Crippen LogP contribution in [0.15, 0.2) is 23.2 Å². The molecule has 0 unspecified atom stereocenters. The van der Waals surface area contributed by atoms with E-state index in [1.54, 1.807) is 0 Å². The maximum atomic E-state index is 5.08. The van der Waals surface area contributed by atoms with Gasteiger partial charge in [0.2, 0.25) is 0 Å². The van der Waals surface area contributed by atoms with Crippen LogP contribution in [0.2, 0.25) is 0 Å². The van der Waals surface area contributed by atoms with Gasteiger partial charge >= 0.3 is 0 Å². The summed E-state index contributed by atoms with van der Waals surface area (Å²) in [6.07, 6.45) is 5.66. The van der Waals surface area contributed by atoms with E-state index in [1.165, 1.54) is 16.2 Å². The number of fused-ring (bicyclic) bond motifs is 3. The molecule has 24 heavy (non-hydrogen) atoms. The average Bonchev–Trinajstić information content (AvgIpc) is 2.87. The molecule has 0 aliphatic carbocycles. The number of hydrogen-bond donors (Lipinski definition) is 0. The molecule has 4 heteroatoms. The smallest absolute Gasteiger partial charge is 0.155 e. The van der Waals surface area contributed by atoms with Crippen molar-refractivity contribution in [3.05, 3.63) is 34.3 Å². The van der Waals surface area contributed by atoms with Crippen LogP contribution < -0.4 is 15.5 Å². The zero-order valence-corrected chi connectivity index (χ0v) is 14.8. The number of nitrogens with zero attached hydrogens (tertiary/aromatic N) is 4. The Morgan fingerprint density at radius 3 is 2.75 bits per heavy atom. The maximum Gasteiger partial charge on any atom is 0.155 e. The van der Waals surface area contributed by atoms with Gasteiger partial charge < -0.3 is 9.80 Å². The van der Waals surface area contributed by atoms with E-state index in [9.17, 15) is 0 Å². The van der Waals surface area contributed by atoms with Crippen molar-refractivity contribution >= 4 is 22.8 Å². The summed E-state index contributed by atoms with van der Waals surface area (Å²) in [4.78, 5) is 14.8. The van der Waals surface area contributed by atoms with Gasteiger partial charge in [0.15, 0.2) is 5.82 Å². The highest BCUT2D eigenvalue weighted by atomic mass is 15.3. The van der Waals surface area contributed by atoms with E-state index in [1.807, 2.05) is 0 Å². The molecule has 1 aromatic heterocycles. The highest BCUT2D eigenvalue weighted by Gasteiger charge is 2.19. The minimum Gasteiger partial charge on any atom is -0.352 e. The number of aryl methyl sites for hydroxylation is 1. The molecule has 126 valence electrons. The molecule has 0 atom stereocenters. The first-order chi connectivity index (χ1) is 11.8. The van der Waals surface area contributed by atoms with Crippen LogP contribution in [0.25, 0.3) is 17.0 Å². The van der Waals surface area contributed by atoms with Crippen molar-refractivity contribution in [2.75, 3.05) is 44.7 Å². The molecule has 0 saturated carbocycles. The van der Waals surface area contributed by atoms with Gasteiger partial charge in [-0.05, 0) is 37.9 Å². The first kappa shape index (κ1) is 15.6. The highest BCUT2D eigenvalue weighted by molar-refractivity contribution is 5.82. The summed E-state index contributed by atoms with van der Waals surface area (Å²) in [6.45, 7) is 7.35. The SMILES string of the molecule is CCc1ccc2c3c(c(N4CCN(C)CC4)nc2c1)=NCCCC=3. The van der Waals surface area contributed by atoms with Gasteiger partial charge in [0.25, 0.3) is 0 Å². The predicted molar refractivity (Wildman–Crippen MR) is 100 cm³/mol. The fourth-order valence-electron chi connectivity index (χ4n) is 3.66. The molecular formula is C20H26N4. The minimum atomic E-state index is 0.907. The van der Waals surface area contributed by atoms with Crippen LogP contribution in [0.1, 0.15) is 25.3 Å². The number of benzene rings is 1. The zero-order valence-electron chi connectivity index (χ0n) is 14.8. The third-order valence-electron chi connectivity index (χ3n) is 5.24. The fourth-order valence-corrected chi connectivity index (χ4v) is 3.66.